The zero-order valence-electron chi connectivity index (χ0n) is 16.4. The number of nitrogen functional groups attached to an aromatic ring is 1. The number of sulfone groups is 1. The molecule has 31 heavy (non-hydrogen) atoms. The van der Waals surface area contributed by atoms with Gasteiger partial charge in [0.15, 0.2) is 15.6 Å². The number of halogens is 2. The third kappa shape index (κ3) is 3.94. The molecule has 0 saturated heterocycles. The van der Waals surface area contributed by atoms with Crippen molar-refractivity contribution in [3.8, 4) is 11.1 Å². The lowest BCUT2D eigenvalue weighted by molar-refractivity contribution is 0.101. The van der Waals surface area contributed by atoms with Gasteiger partial charge in [-0.05, 0) is 53.6 Å². The number of rotatable bonds is 5. The number of carbonyl (C=O) groups is 1. The van der Waals surface area contributed by atoms with Crippen LogP contribution in [-0.4, -0.2) is 20.0 Å². The van der Waals surface area contributed by atoms with Gasteiger partial charge in [-0.2, -0.15) is 0 Å². The molecule has 1 heterocycles. The van der Waals surface area contributed by atoms with Gasteiger partial charge < -0.3 is 10.2 Å². The lowest BCUT2D eigenvalue weighted by Gasteiger charge is -2.06. The molecular weight excluding hydrogens is 457 g/mol. The van der Waals surface area contributed by atoms with Crippen molar-refractivity contribution in [2.24, 2.45) is 0 Å². The van der Waals surface area contributed by atoms with E-state index in [1.807, 2.05) is 6.07 Å². The maximum absolute atomic E-state index is 12.9. The normalized spacial score (nSPS) is 11.7. The van der Waals surface area contributed by atoms with E-state index in [0.717, 1.165) is 5.56 Å². The molecular formula is C23H17Cl2NO4S. The minimum Gasteiger partial charge on any atom is -0.450 e. The molecule has 8 heteroatoms. The van der Waals surface area contributed by atoms with E-state index < -0.39 is 15.6 Å². The van der Waals surface area contributed by atoms with Crippen LogP contribution in [0.2, 0.25) is 10.0 Å². The van der Waals surface area contributed by atoms with Crippen molar-refractivity contribution in [3.05, 3.63) is 82.0 Å². The summed E-state index contributed by atoms with van der Waals surface area (Å²) < 4.78 is 30.2. The highest BCUT2D eigenvalue weighted by atomic mass is 35.5. The summed E-state index contributed by atoms with van der Waals surface area (Å²) >= 11 is 12.1. The Kier molecular flexibility index (Phi) is 5.56. The van der Waals surface area contributed by atoms with Gasteiger partial charge in [-0.1, -0.05) is 48.3 Å². The number of hydrogen-bond acceptors (Lipinski definition) is 5. The van der Waals surface area contributed by atoms with Crippen LogP contribution in [0.1, 0.15) is 23.0 Å². The Morgan fingerprint density at radius 2 is 1.74 bits per heavy atom. The fraction of sp³-hybridized carbons (Fsp3) is 0.0870. The van der Waals surface area contributed by atoms with Gasteiger partial charge in [-0.15, -0.1) is 0 Å². The number of anilines is 1. The molecule has 4 rings (SSSR count). The monoisotopic (exact) mass is 473 g/mol. The molecule has 0 aliphatic rings. The van der Waals surface area contributed by atoms with E-state index in [2.05, 4.69) is 0 Å². The van der Waals surface area contributed by atoms with Crippen LogP contribution in [0.4, 0.5) is 5.69 Å². The Morgan fingerprint density at radius 3 is 2.45 bits per heavy atom. The van der Waals surface area contributed by atoms with Gasteiger partial charge in [0.2, 0.25) is 5.78 Å². The van der Waals surface area contributed by atoms with E-state index >= 15 is 0 Å². The van der Waals surface area contributed by atoms with E-state index in [1.54, 1.807) is 49.4 Å². The molecule has 1 aromatic heterocycles. The Labute approximate surface area is 189 Å². The number of fused-ring (bicyclic) bond motifs is 1. The average Bonchev–Trinajstić information content (AvgIpc) is 3.09. The van der Waals surface area contributed by atoms with Gasteiger partial charge >= 0.3 is 0 Å². The Bertz CT molecular complexity index is 1440. The zero-order valence-corrected chi connectivity index (χ0v) is 18.7. The molecule has 4 aromatic rings. The molecule has 0 atom stereocenters. The Balaban J connectivity index is 1.78. The summed E-state index contributed by atoms with van der Waals surface area (Å²) in [5.41, 5.74) is 8.47. The zero-order chi connectivity index (χ0) is 22.3. The predicted molar refractivity (Wildman–Crippen MR) is 124 cm³/mol. The van der Waals surface area contributed by atoms with E-state index in [1.165, 1.54) is 12.1 Å². The fourth-order valence-electron chi connectivity index (χ4n) is 3.30. The van der Waals surface area contributed by atoms with Crippen LogP contribution in [0.5, 0.6) is 0 Å². The molecule has 0 aliphatic carbocycles. The summed E-state index contributed by atoms with van der Waals surface area (Å²) in [4.78, 5) is 13.2. The first-order valence-corrected chi connectivity index (χ1v) is 11.8. The van der Waals surface area contributed by atoms with Gasteiger partial charge in [0.05, 0.1) is 21.4 Å². The van der Waals surface area contributed by atoms with Crippen molar-refractivity contribution in [1.29, 1.82) is 0 Å². The van der Waals surface area contributed by atoms with Crippen molar-refractivity contribution in [2.75, 3.05) is 11.5 Å². The van der Waals surface area contributed by atoms with Crippen LogP contribution < -0.4 is 5.73 Å². The van der Waals surface area contributed by atoms with Crippen molar-refractivity contribution >= 4 is 55.5 Å². The summed E-state index contributed by atoms with van der Waals surface area (Å²) in [5.74, 6) is -0.449. The first-order chi connectivity index (χ1) is 14.7. The Hall–Kier alpha value is -2.80. The number of carbonyl (C=O) groups excluding carboxylic acids is 1. The van der Waals surface area contributed by atoms with E-state index in [9.17, 15) is 13.2 Å². The minimum absolute atomic E-state index is 0.0151. The van der Waals surface area contributed by atoms with Crippen LogP contribution in [-0.2, 0) is 9.84 Å². The number of hydrogen-bond donors (Lipinski definition) is 1. The van der Waals surface area contributed by atoms with Crippen LogP contribution in [0.3, 0.4) is 0 Å². The Morgan fingerprint density at radius 1 is 1.00 bits per heavy atom. The van der Waals surface area contributed by atoms with E-state index in [0.29, 0.717) is 21.6 Å². The second kappa shape index (κ2) is 8.04. The molecule has 0 radical (unpaired) electrons. The van der Waals surface area contributed by atoms with Crippen molar-refractivity contribution in [2.45, 2.75) is 11.8 Å². The van der Waals surface area contributed by atoms with Gasteiger partial charge in [0.25, 0.3) is 0 Å². The molecule has 158 valence electrons. The van der Waals surface area contributed by atoms with Gasteiger partial charge in [-0.25, -0.2) is 8.42 Å². The van der Waals surface area contributed by atoms with Crippen molar-refractivity contribution in [3.63, 3.8) is 0 Å². The molecule has 0 bridgehead atoms. The second-order valence-electron chi connectivity index (χ2n) is 6.94. The minimum atomic E-state index is -3.33. The highest BCUT2D eigenvalue weighted by Crippen LogP contribution is 2.35. The van der Waals surface area contributed by atoms with Crippen LogP contribution >= 0.6 is 23.2 Å². The van der Waals surface area contributed by atoms with Crippen LogP contribution in [0, 0.1) is 0 Å². The van der Waals surface area contributed by atoms with Crippen LogP contribution in [0.25, 0.3) is 22.1 Å². The molecule has 0 fully saturated rings. The smallest absolute Gasteiger partial charge is 0.231 e. The first kappa shape index (κ1) is 21.4. The van der Waals surface area contributed by atoms with Gasteiger partial charge in [0, 0.05) is 16.0 Å². The van der Waals surface area contributed by atoms with Gasteiger partial charge in [0.1, 0.15) is 5.58 Å². The first-order valence-electron chi connectivity index (χ1n) is 9.36. The van der Waals surface area contributed by atoms with Crippen molar-refractivity contribution in [1.82, 2.24) is 0 Å². The summed E-state index contributed by atoms with van der Waals surface area (Å²) in [6.45, 7) is 1.60. The molecule has 2 N–H and O–H groups in total. The third-order valence-electron chi connectivity index (χ3n) is 5.02. The average molecular weight is 474 g/mol. The van der Waals surface area contributed by atoms with Crippen LogP contribution in [0.15, 0.2) is 70.0 Å². The largest absolute Gasteiger partial charge is 0.450 e. The number of ketones is 1. The molecule has 0 aliphatic heterocycles. The lowest BCUT2D eigenvalue weighted by atomic mass is 10.0. The number of benzene rings is 3. The van der Waals surface area contributed by atoms with E-state index in [4.69, 9.17) is 33.4 Å². The molecule has 0 saturated carbocycles. The molecule has 0 amide bonds. The molecule has 5 nitrogen and oxygen atoms in total. The lowest BCUT2D eigenvalue weighted by Crippen LogP contribution is -2.03. The third-order valence-corrected chi connectivity index (χ3v) is 7.30. The topological polar surface area (TPSA) is 90.4 Å². The van der Waals surface area contributed by atoms with E-state index in [-0.39, 0.29) is 32.7 Å². The molecule has 0 unspecified atom stereocenters. The summed E-state index contributed by atoms with van der Waals surface area (Å²) in [7, 11) is -3.33. The highest BCUT2D eigenvalue weighted by molar-refractivity contribution is 7.91. The highest BCUT2D eigenvalue weighted by Gasteiger charge is 2.22. The summed E-state index contributed by atoms with van der Waals surface area (Å²) in [6, 6.07) is 16.5. The van der Waals surface area contributed by atoms with Crippen molar-refractivity contribution < 1.29 is 17.6 Å². The summed E-state index contributed by atoms with van der Waals surface area (Å²) in [6.07, 6.45) is 0. The fourth-order valence-corrected chi connectivity index (χ4v) is 4.72. The standard InChI is InChI=1S/C23H17Cl2NO4S/c1-2-31(28,29)16-5-3-4-13(10-16)14-6-8-18-20(11-14)30-23(21(18)26)22(27)17-9-7-15(24)12-19(17)25/h3-12H,2,26H2,1H3. The van der Waals surface area contributed by atoms with Gasteiger partial charge in [-0.3, -0.25) is 4.79 Å². The number of furan rings is 1. The number of nitrogens with two attached hydrogens (primary N) is 1. The molecule has 3 aromatic carbocycles. The predicted octanol–water partition coefficient (Wildman–Crippen LogP) is 6.01. The molecule has 0 spiro atoms. The maximum atomic E-state index is 12.9. The maximum Gasteiger partial charge on any atom is 0.231 e. The quantitative estimate of drug-likeness (QED) is 0.358. The summed E-state index contributed by atoms with van der Waals surface area (Å²) in [5, 5.41) is 1.19. The SMILES string of the molecule is CCS(=O)(=O)c1cccc(-c2ccc3c(N)c(C(=O)c4ccc(Cl)cc4Cl)oc3c2)c1. The second-order valence-corrected chi connectivity index (χ2v) is 10.1.